The normalized spacial score (nSPS) is 9.94. The van der Waals surface area contributed by atoms with Gasteiger partial charge in [-0.25, -0.2) is 0 Å². The number of carbonyl (C=O) groups excluding carboxylic acids is 2. The number of rotatable bonds is 5. The topological polar surface area (TPSA) is 67.4 Å². The molecular weight excluding hydrogens is 279 g/mol. The van der Waals surface area contributed by atoms with Crippen LogP contribution in [0.5, 0.6) is 0 Å². The Labute approximate surface area is 114 Å². The van der Waals surface area contributed by atoms with E-state index in [0.717, 1.165) is 0 Å². The molecule has 2 N–H and O–H groups in total. The second-order valence-corrected chi connectivity index (χ2v) is 4.26. The predicted octanol–water partition coefficient (Wildman–Crippen LogP) is 1.69. The lowest BCUT2D eigenvalue weighted by Crippen LogP contribution is -2.32. The van der Waals surface area contributed by atoms with Crippen LogP contribution >= 0.6 is 23.2 Å². The first-order valence-electron chi connectivity index (χ1n) is 5.04. The van der Waals surface area contributed by atoms with E-state index in [4.69, 9.17) is 23.2 Å². The standard InChI is InChI=1S/C11H12Cl2N2O3/c1-18-11(17)6-14-5-10(16)15-9-3-7(12)2-8(13)4-9/h2-4,14H,5-6H2,1H3,(H,15,16). The highest BCUT2D eigenvalue weighted by atomic mass is 35.5. The number of hydrogen-bond acceptors (Lipinski definition) is 4. The van der Waals surface area contributed by atoms with Crippen molar-refractivity contribution in [1.82, 2.24) is 5.32 Å². The number of carbonyl (C=O) groups is 2. The molecule has 1 aromatic rings. The second kappa shape index (κ2) is 7.20. The Kier molecular flexibility index (Phi) is 5.91. The highest BCUT2D eigenvalue weighted by Gasteiger charge is 2.05. The minimum atomic E-state index is -0.436. The predicted molar refractivity (Wildman–Crippen MR) is 70.0 cm³/mol. The number of amides is 1. The largest absolute Gasteiger partial charge is 0.468 e. The van der Waals surface area contributed by atoms with E-state index in [9.17, 15) is 9.59 Å². The quantitative estimate of drug-likeness (QED) is 0.810. The molecule has 0 atom stereocenters. The van der Waals surface area contributed by atoms with Crippen molar-refractivity contribution >= 4 is 40.8 Å². The first-order valence-corrected chi connectivity index (χ1v) is 5.80. The highest BCUT2D eigenvalue weighted by Crippen LogP contribution is 2.22. The van der Waals surface area contributed by atoms with Gasteiger partial charge in [0, 0.05) is 15.7 Å². The van der Waals surface area contributed by atoms with Gasteiger partial charge in [-0.3, -0.25) is 14.9 Å². The number of benzene rings is 1. The van der Waals surface area contributed by atoms with Crippen molar-refractivity contribution in [2.75, 3.05) is 25.5 Å². The number of halogens is 2. The van der Waals surface area contributed by atoms with Gasteiger partial charge in [-0.1, -0.05) is 23.2 Å². The summed E-state index contributed by atoms with van der Waals surface area (Å²) in [6.45, 7) is -0.0422. The van der Waals surface area contributed by atoms with Crippen molar-refractivity contribution in [1.29, 1.82) is 0 Å². The van der Waals surface area contributed by atoms with Gasteiger partial charge in [0.2, 0.25) is 5.91 Å². The molecule has 1 amide bonds. The van der Waals surface area contributed by atoms with Crippen molar-refractivity contribution in [3.05, 3.63) is 28.2 Å². The van der Waals surface area contributed by atoms with Crippen LogP contribution in [0.4, 0.5) is 5.69 Å². The Morgan fingerprint density at radius 2 is 1.78 bits per heavy atom. The van der Waals surface area contributed by atoms with E-state index >= 15 is 0 Å². The monoisotopic (exact) mass is 290 g/mol. The average molecular weight is 291 g/mol. The van der Waals surface area contributed by atoms with Crippen molar-refractivity contribution in [3.8, 4) is 0 Å². The molecule has 0 heterocycles. The van der Waals surface area contributed by atoms with Gasteiger partial charge in [-0.2, -0.15) is 0 Å². The fourth-order valence-electron chi connectivity index (χ4n) is 1.18. The number of methoxy groups -OCH3 is 1. The maximum absolute atomic E-state index is 11.5. The molecule has 0 aliphatic rings. The summed E-state index contributed by atoms with van der Waals surface area (Å²) in [4.78, 5) is 22.3. The van der Waals surface area contributed by atoms with E-state index in [1.807, 2.05) is 0 Å². The van der Waals surface area contributed by atoms with Crippen molar-refractivity contribution in [2.24, 2.45) is 0 Å². The van der Waals surface area contributed by atoms with Crippen molar-refractivity contribution in [3.63, 3.8) is 0 Å². The summed E-state index contributed by atoms with van der Waals surface area (Å²) < 4.78 is 4.41. The van der Waals surface area contributed by atoms with Gasteiger partial charge < -0.3 is 10.1 Å². The number of ether oxygens (including phenoxy) is 1. The molecule has 98 valence electrons. The second-order valence-electron chi connectivity index (χ2n) is 3.39. The lowest BCUT2D eigenvalue weighted by Gasteiger charge is -2.07. The average Bonchev–Trinajstić information content (AvgIpc) is 2.27. The van der Waals surface area contributed by atoms with Crippen LogP contribution in [0.2, 0.25) is 10.0 Å². The third kappa shape index (κ3) is 5.35. The molecule has 18 heavy (non-hydrogen) atoms. The van der Waals surface area contributed by atoms with E-state index in [2.05, 4.69) is 15.4 Å². The zero-order valence-electron chi connectivity index (χ0n) is 9.63. The van der Waals surface area contributed by atoms with Crippen molar-refractivity contribution < 1.29 is 14.3 Å². The third-order valence-corrected chi connectivity index (χ3v) is 2.37. The zero-order chi connectivity index (χ0) is 13.5. The molecule has 5 nitrogen and oxygen atoms in total. The van der Waals surface area contributed by atoms with Crippen LogP contribution in [-0.4, -0.2) is 32.1 Å². The molecular formula is C11H12Cl2N2O3. The Hall–Kier alpha value is -1.30. The van der Waals surface area contributed by atoms with E-state index < -0.39 is 5.97 Å². The maximum atomic E-state index is 11.5. The lowest BCUT2D eigenvalue weighted by atomic mass is 10.3. The third-order valence-electron chi connectivity index (χ3n) is 1.93. The van der Waals surface area contributed by atoms with Gasteiger partial charge in [0.1, 0.15) is 0 Å². The molecule has 0 aliphatic carbocycles. The molecule has 0 unspecified atom stereocenters. The molecule has 1 rings (SSSR count). The van der Waals surface area contributed by atoms with Gasteiger partial charge in [-0.05, 0) is 18.2 Å². The Morgan fingerprint density at radius 3 is 2.33 bits per heavy atom. The molecule has 0 fully saturated rings. The van der Waals surface area contributed by atoms with E-state index in [-0.39, 0.29) is 19.0 Å². The molecule has 0 radical (unpaired) electrons. The fraction of sp³-hybridized carbons (Fsp3) is 0.273. The maximum Gasteiger partial charge on any atom is 0.319 e. The van der Waals surface area contributed by atoms with E-state index in [0.29, 0.717) is 15.7 Å². The Morgan fingerprint density at radius 1 is 1.17 bits per heavy atom. The van der Waals surface area contributed by atoms with Crippen molar-refractivity contribution in [2.45, 2.75) is 0 Å². The summed E-state index contributed by atoms with van der Waals surface area (Å²) in [6, 6.07) is 4.71. The molecule has 0 aromatic heterocycles. The SMILES string of the molecule is COC(=O)CNCC(=O)Nc1cc(Cl)cc(Cl)c1. The Balaban J connectivity index is 2.42. The Bertz CT molecular complexity index is 432. The van der Waals surface area contributed by atoms with Crippen LogP contribution < -0.4 is 10.6 Å². The lowest BCUT2D eigenvalue weighted by molar-refractivity contribution is -0.139. The minimum Gasteiger partial charge on any atom is -0.468 e. The van der Waals surface area contributed by atoms with Gasteiger partial charge in [-0.15, -0.1) is 0 Å². The molecule has 1 aromatic carbocycles. The first-order chi connectivity index (χ1) is 8.51. The molecule has 0 aliphatic heterocycles. The summed E-state index contributed by atoms with van der Waals surface area (Å²) in [5.41, 5.74) is 0.498. The van der Waals surface area contributed by atoms with Gasteiger partial charge in [0.25, 0.3) is 0 Å². The highest BCUT2D eigenvalue weighted by molar-refractivity contribution is 6.35. The molecule has 0 saturated heterocycles. The minimum absolute atomic E-state index is 0.0147. The molecule has 0 saturated carbocycles. The fourth-order valence-corrected chi connectivity index (χ4v) is 1.71. The molecule has 0 spiro atoms. The summed E-state index contributed by atoms with van der Waals surface area (Å²) in [5.74, 6) is -0.745. The van der Waals surface area contributed by atoms with Gasteiger partial charge in [0.05, 0.1) is 20.2 Å². The smallest absolute Gasteiger partial charge is 0.319 e. The van der Waals surface area contributed by atoms with E-state index in [1.54, 1.807) is 18.2 Å². The summed E-state index contributed by atoms with van der Waals surface area (Å²) >= 11 is 11.6. The summed E-state index contributed by atoms with van der Waals surface area (Å²) in [7, 11) is 1.28. The summed E-state index contributed by atoms with van der Waals surface area (Å²) in [6.07, 6.45) is 0. The summed E-state index contributed by atoms with van der Waals surface area (Å²) in [5, 5.41) is 6.09. The number of anilines is 1. The number of nitrogens with one attached hydrogen (secondary N) is 2. The van der Waals surface area contributed by atoms with Crippen LogP contribution in [0, 0.1) is 0 Å². The number of esters is 1. The molecule has 7 heteroatoms. The van der Waals surface area contributed by atoms with Crippen LogP contribution in [0.15, 0.2) is 18.2 Å². The zero-order valence-corrected chi connectivity index (χ0v) is 11.1. The first kappa shape index (κ1) is 14.8. The van der Waals surface area contributed by atoms with Gasteiger partial charge >= 0.3 is 5.97 Å². The van der Waals surface area contributed by atoms with Gasteiger partial charge in [0.15, 0.2) is 0 Å². The molecule has 0 bridgehead atoms. The van der Waals surface area contributed by atoms with E-state index in [1.165, 1.54) is 7.11 Å². The van der Waals surface area contributed by atoms with Crippen LogP contribution in [0.3, 0.4) is 0 Å². The number of hydrogen-bond donors (Lipinski definition) is 2. The van der Waals surface area contributed by atoms with Crippen LogP contribution in [0.1, 0.15) is 0 Å². The van der Waals surface area contributed by atoms with Crippen LogP contribution in [0.25, 0.3) is 0 Å². The van der Waals surface area contributed by atoms with Crippen LogP contribution in [-0.2, 0) is 14.3 Å².